The molecule has 0 saturated carbocycles. The first-order valence-electron chi connectivity index (χ1n) is 7.45. The zero-order valence-corrected chi connectivity index (χ0v) is 15.0. The minimum Gasteiger partial charge on any atom is -0.329 e. The average Bonchev–Trinajstić information content (AvgIpc) is 2.46. The molecule has 0 radical (unpaired) electrons. The highest BCUT2D eigenvalue weighted by Gasteiger charge is 2.23. The summed E-state index contributed by atoms with van der Waals surface area (Å²) in [6.45, 7) is 8.43. The van der Waals surface area contributed by atoms with Crippen molar-refractivity contribution in [1.82, 2.24) is 4.90 Å². The standard InChI is InChI=1S/C16H26BrClN2/c1-4-6-9-20(12(3)5-2)16(11-19)13-7-8-14(17)15(18)10-13/h7-8,10,12,16H,4-6,9,11,19H2,1-3H3. The van der Waals surface area contributed by atoms with Gasteiger partial charge in [0, 0.05) is 23.1 Å². The lowest BCUT2D eigenvalue weighted by molar-refractivity contribution is 0.141. The van der Waals surface area contributed by atoms with Crippen LogP contribution in [-0.2, 0) is 0 Å². The van der Waals surface area contributed by atoms with Crippen molar-refractivity contribution in [2.24, 2.45) is 5.73 Å². The van der Waals surface area contributed by atoms with Crippen LogP contribution in [0.1, 0.15) is 51.6 Å². The van der Waals surface area contributed by atoms with E-state index >= 15 is 0 Å². The maximum Gasteiger partial charge on any atom is 0.0551 e. The summed E-state index contributed by atoms with van der Waals surface area (Å²) >= 11 is 9.68. The van der Waals surface area contributed by atoms with Crippen molar-refractivity contribution in [2.45, 2.75) is 52.1 Å². The Hall–Kier alpha value is -0.0900. The second-order valence-electron chi connectivity index (χ2n) is 5.27. The molecule has 0 spiro atoms. The van der Waals surface area contributed by atoms with E-state index in [0.717, 1.165) is 22.5 Å². The topological polar surface area (TPSA) is 29.3 Å². The van der Waals surface area contributed by atoms with E-state index in [9.17, 15) is 0 Å². The van der Waals surface area contributed by atoms with E-state index in [4.69, 9.17) is 17.3 Å². The van der Waals surface area contributed by atoms with Gasteiger partial charge in [0.2, 0.25) is 0 Å². The number of hydrogen-bond donors (Lipinski definition) is 1. The maximum absolute atomic E-state index is 6.23. The normalized spacial score (nSPS) is 14.6. The highest BCUT2D eigenvalue weighted by Crippen LogP contribution is 2.29. The van der Waals surface area contributed by atoms with Crippen molar-refractivity contribution in [3.05, 3.63) is 33.3 Å². The lowest BCUT2D eigenvalue weighted by Crippen LogP contribution is -2.40. The molecule has 2 atom stereocenters. The van der Waals surface area contributed by atoms with Crippen molar-refractivity contribution in [3.63, 3.8) is 0 Å². The molecule has 2 unspecified atom stereocenters. The van der Waals surface area contributed by atoms with E-state index in [0.29, 0.717) is 12.6 Å². The molecule has 2 nitrogen and oxygen atoms in total. The fourth-order valence-electron chi connectivity index (χ4n) is 2.44. The van der Waals surface area contributed by atoms with Crippen LogP contribution in [0, 0.1) is 0 Å². The summed E-state index contributed by atoms with van der Waals surface area (Å²) < 4.78 is 0.933. The first-order chi connectivity index (χ1) is 9.54. The Balaban J connectivity index is 3.01. The van der Waals surface area contributed by atoms with Gasteiger partial charge in [-0.2, -0.15) is 0 Å². The Bertz CT molecular complexity index is 411. The monoisotopic (exact) mass is 360 g/mol. The summed E-state index contributed by atoms with van der Waals surface area (Å²) in [6.07, 6.45) is 3.53. The van der Waals surface area contributed by atoms with Crippen molar-refractivity contribution < 1.29 is 0 Å². The molecule has 0 fully saturated rings. The quantitative estimate of drug-likeness (QED) is 0.705. The molecule has 1 rings (SSSR count). The van der Waals surface area contributed by atoms with Crippen LogP contribution < -0.4 is 5.73 Å². The Labute approximate surface area is 136 Å². The molecular formula is C16H26BrClN2. The van der Waals surface area contributed by atoms with Gasteiger partial charge in [-0.15, -0.1) is 0 Å². The fraction of sp³-hybridized carbons (Fsp3) is 0.625. The van der Waals surface area contributed by atoms with Gasteiger partial charge in [0.15, 0.2) is 0 Å². The number of unbranched alkanes of at least 4 members (excludes halogenated alkanes) is 1. The highest BCUT2D eigenvalue weighted by molar-refractivity contribution is 9.10. The second kappa shape index (κ2) is 9.04. The number of halogens is 2. The van der Waals surface area contributed by atoms with E-state index < -0.39 is 0 Å². The molecule has 20 heavy (non-hydrogen) atoms. The first kappa shape index (κ1) is 18.0. The number of benzene rings is 1. The maximum atomic E-state index is 6.23. The van der Waals surface area contributed by atoms with Crippen LogP contribution in [0.25, 0.3) is 0 Å². The van der Waals surface area contributed by atoms with Crippen LogP contribution >= 0.6 is 27.5 Å². The van der Waals surface area contributed by atoms with Gasteiger partial charge in [-0.3, -0.25) is 4.90 Å². The van der Waals surface area contributed by atoms with E-state index in [1.807, 2.05) is 12.1 Å². The zero-order valence-electron chi connectivity index (χ0n) is 12.7. The van der Waals surface area contributed by atoms with Crippen molar-refractivity contribution in [1.29, 1.82) is 0 Å². The van der Waals surface area contributed by atoms with Crippen LogP contribution in [0.15, 0.2) is 22.7 Å². The summed E-state index contributed by atoms with van der Waals surface area (Å²) in [7, 11) is 0. The van der Waals surface area contributed by atoms with Gasteiger partial charge in [0.05, 0.1) is 5.02 Å². The summed E-state index contributed by atoms with van der Waals surface area (Å²) in [4.78, 5) is 2.52. The summed E-state index contributed by atoms with van der Waals surface area (Å²) in [5, 5.41) is 0.751. The molecule has 0 amide bonds. The van der Waals surface area contributed by atoms with E-state index in [2.05, 4.69) is 47.7 Å². The molecule has 0 saturated heterocycles. The molecule has 0 aliphatic carbocycles. The van der Waals surface area contributed by atoms with Crippen LogP contribution in [0.4, 0.5) is 0 Å². The number of nitrogens with zero attached hydrogens (tertiary/aromatic N) is 1. The Morgan fingerprint density at radius 1 is 1.35 bits per heavy atom. The fourth-order valence-corrected chi connectivity index (χ4v) is 2.88. The molecule has 2 N–H and O–H groups in total. The first-order valence-corrected chi connectivity index (χ1v) is 8.62. The minimum atomic E-state index is 0.238. The number of rotatable bonds is 8. The van der Waals surface area contributed by atoms with Gasteiger partial charge in [-0.25, -0.2) is 0 Å². The van der Waals surface area contributed by atoms with Gasteiger partial charge in [-0.05, 0) is 59.9 Å². The largest absolute Gasteiger partial charge is 0.329 e. The predicted molar refractivity (Wildman–Crippen MR) is 92.3 cm³/mol. The summed E-state index contributed by atoms with van der Waals surface area (Å²) in [5.74, 6) is 0. The van der Waals surface area contributed by atoms with Gasteiger partial charge in [0.25, 0.3) is 0 Å². The summed E-state index contributed by atoms with van der Waals surface area (Å²) in [6, 6.07) is 6.92. The SMILES string of the molecule is CCCCN(C(C)CC)C(CN)c1ccc(Br)c(Cl)c1. The van der Waals surface area contributed by atoms with Crippen LogP contribution in [0.5, 0.6) is 0 Å². The molecule has 1 aromatic rings. The van der Waals surface area contributed by atoms with E-state index in [1.165, 1.54) is 18.4 Å². The third-order valence-electron chi connectivity index (χ3n) is 3.88. The Morgan fingerprint density at radius 3 is 2.55 bits per heavy atom. The molecule has 4 heteroatoms. The predicted octanol–water partition coefficient (Wildman–Crippen LogP) is 5.00. The Kier molecular flexibility index (Phi) is 8.11. The molecule has 0 aromatic heterocycles. The molecule has 114 valence electrons. The van der Waals surface area contributed by atoms with Gasteiger partial charge in [0.1, 0.15) is 0 Å². The lowest BCUT2D eigenvalue weighted by Gasteiger charge is -2.36. The molecular weight excluding hydrogens is 336 g/mol. The third kappa shape index (κ3) is 4.73. The highest BCUT2D eigenvalue weighted by atomic mass is 79.9. The van der Waals surface area contributed by atoms with Crippen molar-refractivity contribution >= 4 is 27.5 Å². The molecule has 0 aliphatic heterocycles. The van der Waals surface area contributed by atoms with Crippen LogP contribution in [0.3, 0.4) is 0 Å². The molecule has 0 bridgehead atoms. The molecule has 0 aliphatic rings. The van der Waals surface area contributed by atoms with Crippen molar-refractivity contribution in [3.8, 4) is 0 Å². The van der Waals surface area contributed by atoms with E-state index in [1.54, 1.807) is 0 Å². The third-order valence-corrected chi connectivity index (χ3v) is 5.11. The number of hydrogen-bond acceptors (Lipinski definition) is 2. The van der Waals surface area contributed by atoms with Gasteiger partial charge in [-0.1, -0.05) is 37.9 Å². The van der Waals surface area contributed by atoms with Crippen LogP contribution in [0.2, 0.25) is 5.02 Å². The van der Waals surface area contributed by atoms with Crippen molar-refractivity contribution in [2.75, 3.05) is 13.1 Å². The van der Waals surface area contributed by atoms with Gasteiger partial charge < -0.3 is 5.73 Å². The smallest absolute Gasteiger partial charge is 0.0551 e. The van der Waals surface area contributed by atoms with E-state index in [-0.39, 0.29) is 6.04 Å². The lowest BCUT2D eigenvalue weighted by atomic mass is 10.0. The molecule has 1 aromatic carbocycles. The number of nitrogens with two attached hydrogens (primary N) is 1. The zero-order chi connectivity index (χ0) is 15.1. The average molecular weight is 362 g/mol. The Morgan fingerprint density at radius 2 is 2.05 bits per heavy atom. The van der Waals surface area contributed by atoms with Crippen LogP contribution in [-0.4, -0.2) is 24.0 Å². The summed E-state index contributed by atoms with van der Waals surface area (Å²) in [5.41, 5.74) is 7.27. The molecule has 0 heterocycles. The second-order valence-corrected chi connectivity index (χ2v) is 6.54. The minimum absolute atomic E-state index is 0.238. The van der Waals surface area contributed by atoms with Gasteiger partial charge >= 0.3 is 0 Å².